The maximum Gasteiger partial charge on any atom is 0.337 e. The normalized spacial score (nSPS) is 10.6. The Hall–Kier alpha value is -1.66. The molecule has 0 aromatic heterocycles. The van der Waals surface area contributed by atoms with Gasteiger partial charge in [-0.05, 0) is 18.6 Å². The van der Waals surface area contributed by atoms with Gasteiger partial charge in [-0.2, -0.15) is 0 Å². The van der Waals surface area contributed by atoms with Crippen molar-refractivity contribution in [2.75, 3.05) is 19.8 Å². The molecule has 0 aliphatic heterocycles. The molecule has 0 spiro atoms. The molecule has 0 aliphatic rings. The lowest BCUT2D eigenvalue weighted by Gasteiger charge is -2.08. The Kier molecular flexibility index (Phi) is 11.6. The van der Waals surface area contributed by atoms with Gasteiger partial charge < -0.3 is 14.2 Å². The summed E-state index contributed by atoms with van der Waals surface area (Å²) < 4.78 is 28.2. The van der Waals surface area contributed by atoms with Crippen molar-refractivity contribution in [3.63, 3.8) is 0 Å². The molecule has 0 amide bonds. The summed E-state index contributed by atoms with van der Waals surface area (Å²) in [6.07, 6.45) is 7.91. The van der Waals surface area contributed by atoms with Crippen LogP contribution in [0.1, 0.15) is 51.9 Å². The summed E-state index contributed by atoms with van der Waals surface area (Å²) in [5.41, 5.74) is 0. The predicted molar refractivity (Wildman–Crippen MR) is 96.8 cm³/mol. The fourth-order valence-electron chi connectivity index (χ4n) is 2.23. The van der Waals surface area contributed by atoms with E-state index in [0.29, 0.717) is 6.61 Å². The van der Waals surface area contributed by atoms with Crippen molar-refractivity contribution < 1.29 is 28.2 Å². The van der Waals surface area contributed by atoms with Gasteiger partial charge in [-0.15, -0.1) is 0 Å². The van der Waals surface area contributed by atoms with Crippen LogP contribution in [0.3, 0.4) is 0 Å². The lowest BCUT2D eigenvalue weighted by atomic mass is 10.1. The summed E-state index contributed by atoms with van der Waals surface area (Å²) in [6.45, 7) is 1.65. The zero-order chi connectivity index (χ0) is 19.2. The Labute approximate surface area is 158 Å². The molecular weight excluding hydrogens is 363 g/mol. The topological polar surface area (TPSA) is 61.8 Å². The van der Waals surface area contributed by atoms with Gasteiger partial charge in [0.05, 0.1) is 11.6 Å². The number of carbonyl (C=O) groups is 2. The monoisotopic (exact) mass is 388 g/mol. The summed E-state index contributed by atoms with van der Waals surface area (Å²) in [7, 11) is 0. The molecule has 1 rings (SSSR count). The minimum absolute atomic E-state index is 0.0209. The highest BCUT2D eigenvalue weighted by Gasteiger charge is 2.14. The van der Waals surface area contributed by atoms with Crippen molar-refractivity contribution in [1.29, 1.82) is 0 Å². The van der Waals surface area contributed by atoms with Crippen molar-refractivity contribution in [2.45, 2.75) is 51.9 Å². The van der Waals surface area contributed by atoms with E-state index in [1.54, 1.807) is 0 Å². The number of ether oxygens (including phenoxy) is 3. The van der Waals surface area contributed by atoms with Crippen molar-refractivity contribution in [3.05, 3.63) is 29.0 Å². The molecule has 1 aromatic carbocycles. The zero-order valence-corrected chi connectivity index (χ0v) is 15.9. The van der Waals surface area contributed by atoms with Crippen LogP contribution < -0.4 is 4.74 Å². The lowest BCUT2D eigenvalue weighted by Crippen LogP contribution is -2.21. The third kappa shape index (κ3) is 9.73. The van der Waals surface area contributed by atoms with E-state index in [2.05, 4.69) is 6.92 Å². The van der Waals surface area contributed by atoms with Gasteiger partial charge in [-0.3, -0.25) is 0 Å². The van der Waals surface area contributed by atoms with Gasteiger partial charge in [0.2, 0.25) is 0 Å². The number of carbonyl (C=O) groups excluding carboxylic acids is 2. The Balaban J connectivity index is 2.08. The summed E-state index contributed by atoms with van der Waals surface area (Å²) >= 11 is 5.74. The quantitative estimate of drug-likeness (QED) is 0.278. The van der Waals surface area contributed by atoms with Gasteiger partial charge in [0.1, 0.15) is 13.2 Å². The number of hydrogen-bond acceptors (Lipinski definition) is 5. The van der Waals surface area contributed by atoms with Crippen LogP contribution in [0.4, 0.5) is 4.39 Å². The zero-order valence-electron chi connectivity index (χ0n) is 15.1. The molecule has 0 saturated carbocycles. The Morgan fingerprint density at radius 1 is 1.00 bits per heavy atom. The maximum absolute atomic E-state index is 13.5. The van der Waals surface area contributed by atoms with Crippen LogP contribution in [-0.2, 0) is 19.1 Å². The lowest BCUT2D eigenvalue weighted by molar-refractivity contribution is -0.152. The van der Waals surface area contributed by atoms with Gasteiger partial charge in [-0.1, -0.05) is 63.1 Å². The highest BCUT2D eigenvalue weighted by Crippen LogP contribution is 2.27. The van der Waals surface area contributed by atoms with E-state index in [1.807, 2.05) is 0 Å². The van der Waals surface area contributed by atoms with Crippen molar-refractivity contribution in [2.24, 2.45) is 0 Å². The highest BCUT2D eigenvalue weighted by atomic mass is 35.5. The van der Waals surface area contributed by atoms with Crippen LogP contribution >= 0.6 is 11.6 Å². The summed E-state index contributed by atoms with van der Waals surface area (Å²) in [4.78, 5) is 23.1. The first-order valence-corrected chi connectivity index (χ1v) is 9.30. The predicted octanol–water partition coefficient (Wildman–Crippen LogP) is 4.69. The van der Waals surface area contributed by atoms with Gasteiger partial charge >= 0.3 is 11.9 Å². The van der Waals surface area contributed by atoms with E-state index in [-0.39, 0.29) is 17.4 Å². The number of benzene rings is 1. The molecule has 0 atom stereocenters. The van der Waals surface area contributed by atoms with E-state index in [4.69, 9.17) is 25.8 Å². The average Bonchev–Trinajstić information content (AvgIpc) is 2.60. The van der Waals surface area contributed by atoms with Crippen molar-refractivity contribution >= 4 is 23.5 Å². The Bertz CT molecular complexity index is 545. The number of esters is 2. The molecular formula is C19H26ClFO5. The first-order valence-electron chi connectivity index (χ1n) is 8.92. The molecule has 26 heavy (non-hydrogen) atoms. The molecule has 0 bridgehead atoms. The maximum atomic E-state index is 13.5. The third-order valence-electron chi connectivity index (χ3n) is 3.59. The summed E-state index contributed by atoms with van der Waals surface area (Å²) in [5, 5.41) is -0.0209. The number of para-hydroxylation sites is 1. The standard InChI is InChI=1S/C19H26ClFO5/c1-2-3-4-5-6-7-8-12-25-17(22)13-24-14-18(23)26-19-15(20)10-9-11-16(19)21/h9-11H,2-8,12-14H2,1H3. The largest absolute Gasteiger partial charge is 0.464 e. The SMILES string of the molecule is CCCCCCCCCOC(=O)COCC(=O)Oc1c(F)cccc1Cl. The van der Waals surface area contributed by atoms with E-state index in [0.717, 1.165) is 25.3 Å². The van der Waals surface area contributed by atoms with Crippen LogP contribution in [0.2, 0.25) is 5.02 Å². The molecule has 0 N–H and O–H groups in total. The van der Waals surface area contributed by atoms with Crippen molar-refractivity contribution in [1.82, 2.24) is 0 Å². The number of unbranched alkanes of at least 4 members (excludes halogenated alkanes) is 6. The van der Waals surface area contributed by atoms with Crippen LogP contribution in [0.5, 0.6) is 5.75 Å². The fraction of sp³-hybridized carbons (Fsp3) is 0.579. The molecule has 7 heteroatoms. The number of rotatable bonds is 13. The second-order valence-electron chi connectivity index (χ2n) is 5.86. The Morgan fingerprint density at radius 3 is 2.35 bits per heavy atom. The van der Waals surface area contributed by atoms with E-state index in [1.165, 1.54) is 37.8 Å². The first kappa shape index (κ1) is 22.4. The molecule has 0 saturated heterocycles. The van der Waals surface area contributed by atoms with Crippen LogP contribution in [0.15, 0.2) is 18.2 Å². The fourth-order valence-corrected chi connectivity index (χ4v) is 2.43. The van der Waals surface area contributed by atoms with Gasteiger partial charge in [-0.25, -0.2) is 14.0 Å². The molecule has 1 aromatic rings. The van der Waals surface area contributed by atoms with Gasteiger partial charge in [0.15, 0.2) is 11.6 Å². The second kappa shape index (κ2) is 13.5. The highest BCUT2D eigenvalue weighted by molar-refractivity contribution is 6.32. The minimum Gasteiger partial charge on any atom is -0.464 e. The van der Waals surface area contributed by atoms with Gasteiger partial charge in [0.25, 0.3) is 0 Å². The third-order valence-corrected chi connectivity index (χ3v) is 3.88. The first-order chi connectivity index (χ1) is 12.5. The molecule has 0 aliphatic carbocycles. The minimum atomic E-state index is -0.850. The molecule has 5 nitrogen and oxygen atoms in total. The van der Waals surface area contributed by atoms with Gasteiger partial charge in [0, 0.05) is 0 Å². The molecule has 0 fully saturated rings. The average molecular weight is 389 g/mol. The molecule has 146 valence electrons. The van der Waals surface area contributed by atoms with Crippen LogP contribution in [0.25, 0.3) is 0 Å². The van der Waals surface area contributed by atoms with E-state index < -0.39 is 24.4 Å². The Morgan fingerprint density at radius 2 is 1.65 bits per heavy atom. The number of hydrogen-bond donors (Lipinski definition) is 0. The summed E-state index contributed by atoms with van der Waals surface area (Å²) in [6, 6.07) is 3.92. The number of halogens is 2. The summed E-state index contributed by atoms with van der Waals surface area (Å²) in [5.74, 6) is -2.51. The van der Waals surface area contributed by atoms with Crippen LogP contribution in [0, 0.1) is 5.82 Å². The molecule has 0 radical (unpaired) electrons. The molecule has 0 heterocycles. The van der Waals surface area contributed by atoms with E-state index >= 15 is 0 Å². The second-order valence-corrected chi connectivity index (χ2v) is 6.27. The molecule has 0 unspecified atom stereocenters. The van der Waals surface area contributed by atoms with Crippen molar-refractivity contribution in [3.8, 4) is 5.75 Å². The smallest absolute Gasteiger partial charge is 0.337 e. The van der Waals surface area contributed by atoms with E-state index in [9.17, 15) is 14.0 Å². The van der Waals surface area contributed by atoms with Crippen LogP contribution in [-0.4, -0.2) is 31.8 Å².